The Kier molecular flexibility index (Phi) is 12.4. The Balaban J connectivity index is 0.000000206. The monoisotopic (exact) mass is 548 g/mol. The molecule has 0 saturated carbocycles. The molecule has 2 aromatic rings. The number of hydrogen-bond donors (Lipinski definition) is 0. The smallest absolute Gasteiger partial charge is 0.253 e. The van der Waals surface area contributed by atoms with Crippen molar-refractivity contribution >= 4 is 34.6 Å². The van der Waals surface area contributed by atoms with Gasteiger partial charge in [0.2, 0.25) is 0 Å². The van der Waals surface area contributed by atoms with Gasteiger partial charge in [0, 0.05) is 25.2 Å². The van der Waals surface area contributed by atoms with Crippen molar-refractivity contribution in [1.82, 2.24) is 27.3 Å². The molecule has 0 radical (unpaired) electrons. The Morgan fingerprint density at radius 2 is 1.19 bits per heavy atom. The summed E-state index contributed by atoms with van der Waals surface area (Å²) in [6, 6.07) is 1.20. The zero-order chi connectivity index (χ0) is 26.6. The maximum absolute atomic E-state index is 5.77. The quantitative estimate of drug-likeness (QED) is 0.315. The minimum atomic E-state index is 0.601. The van der Waals surface area contributed by atoms with Gasteiger partial charge in [-0.15, -0.1) is 8.75 Å². The first kappa shape index (κ1) is 29.7. The van der Waals surface area contributed by atoms with Crippen molar-refractivity contribution in [3.05, 3.63) is 23.5 Å². The van der Waals surface area contributed by atoms with Gasteiger partial charge in [0.15, 0.2) is 0 Å². The van der Waals surface area contributed by atoms with Crippen LogP contribution in [0.2, 0.25) is 0 Å². The average molecular weight is 549 g/mol. The van der Waals surface area contributed by atoms with Crippen LogP contribution < -0.4 is 9.47 Å². The van der Waals surface area contributed by atoms with E-state index < -0.39 is 0 Å². The fourth-order valence-corrected chi connectivity index (χ4v) is 5.15. The zero-order valence-corrected chi connectivity index (χ0v) is 25.0. The van der Waals surface area contributed by atoms with Crippen LogP contribution in [0, 0.1) is 0 Å². The van der Waals surface area contributed by atoms with Crippen molar-refractivity contribution in [2.45, 2.75) is 84.7 Å². The molecule has 0 N–H and O–H groups in total. The summed E-state index contributed by atoms with van der Waals surface area (Å²) in [5, 5.41) is 0. The van der Waals surface area contributed by atoms with Crippen LogP contribution in [-0.2, 0) is 0 Å². The van der Waals surface area contributed by atoms with Gasteiger partial charge < -0.3 is 9.47 Å². The van der Waals surface area contributed by atoms with E-state index in [-0.39, 0.29) is 0 Å². The van der Waals surface area contributed by atoms with Gasteiger partial charge in [-0.1, -0.05) is 45.3 Å². The van der Waals surface area contributed by atoms with E-state index in [0.29, 0.717) is 18.0 Å². The second kappa shape index (κ2) is 15.5. The van der Waals surface area contributed by atoms with E-state index in [1.165, 1.54) is 47.4 Å². The first-order valence-electron chi connectivity index (χ1n) is 13.6. The largest absolute Gasteiger partial charge is 0.475 e. The van der Waals surface area contributed by atoms with Gasteiger partial charge in [-0.2, -0.15) is 8.75 Å². The van der Waals surface area contributed by atoms with Gasteiger partial charge in [0.25, 0.3) is 11.8 Å². The lowest BCUT2D eigenvalue weighted by atomic mass is 10.0. The van der Waals surface area contributed by atoms with Crippen LogP contribution >= 0.6 is 23.5 Å². The van der Waals surface area contributed by atoms with E-state index in [2.05, 4.69) is 81.2 Å². The Morgan fingerprint density at radius 3 is 1.62 bits per heavy atom. The molecule has 10 heteroatoms. The molecule has 8 nitrogen and oxygen atoms in total. The fourth-order valence-electron chi connectivity index (χ4n) is 4.08. The molecule has 0 spiro atoms. The summed E-state index contributed by atoms with van der Waals surface area (Å²) in [7, 11) is 4.30. The summed E-state index contributed by atoms with van der Waals surface area (Å²) in [5.74, 6) is 1.43. The van der Waals surface area contributed by atoms with Crippen LogP contribution in [0.5, 0.6) is 11.8 Å². The second-order valence-corrected chi connectivity index (χ2v) is 11.1. The van der Waals surface area contributed by atoms with Crippen molar-refractivity contribution in [2.75, 3.05) is 40.4 Å². The lowest BCUT2D eigenvalue weighted by molar-refractivity contribution is 0.277. The maximum Gasteiger partial charge on any atom is 0.253 e. The Hall–Kier alpha value is -1.88. The molecule has 0 saturated heterocycles. The molecule has 37 heavy (non-hydrogen) atoms. The Bertz CT molecular complexity index is 1000. The lowest BCUT2D eigenvalue weighted by Gasteiger charge is -2.29. The fraction of sp³-hybridized carbons (Fsp3) is 0.704. The molecule has 2 aromatic heterocycles. The highest BCUT2D eigenvalue weighted by molar-refractivity contribution is 6.99. The summed E-state index contributed by atoms with van der Waals surface area (Å²) in [6.45, 7) is 12.2. The van der Waals surface area contributed by atoms with E-state index in [1.807, 2.05) is 0 Å². The minimum Gasteiger partial charge on any atom is -0.475 e. The molecule has 4 heterocycles. The summed E-state index contributed by atoms with van der Waals surface area (Å²) < 4.78 is 28.8. The van der Waals surface area contributed by atoms with Crippen molar-refractivity contribution in [1.29, 1.82) is 0 Å². The molecule has 2 aliphatic heterocycles. The van der Waals surface area contributed by atoms with Crippen molar-refractivity contribution in [3.8, 4) is 11.8 Å². The molecule has 206 valence electrons. The summed E-state index contributed by atoms with van der Waals surface area (Å²) in [4.78, 5) is 4.68. The maximum atomic E-state index is 5.77. The number of rotatable bonds is 11. The van der Waals surface area contributed by atoms with Crippen LogP contribution in [0.4, 0.5) is 0 Å². The first-order valence-corrected chi connectivity index (χ1v) is 15.1. The second-order valence-electron chi connectivity index (χ2n) is 10.1. The molecule has 0 amide bonds. The van der Waals surface area contributed by atoms with Crippen molar-refractivity contribution in [2.24, 2.45) is 0 Å². The van der Waals surface area contributed by atoms with Gasteiger partial charge in [-0.05, 0) is 64.8 Å². The summed E-state index contributed by atoms with van der Waals surface area (Å²) in [6.07, 6.45) is 12.4. The van der Waals surface area contributed by atoms with E-state index in [9.17, 15) is 0 Å². The molecule has 0 aliphatic carbocycles. The molecular formula is C27H44N6O2S2. The average Bonchev–Trinajstić information content (AvgIpc) is 3.56. The molecular weight excluding hydrogens is 504 g/mol. The predicted molar refractivity (Wildman–Crippen MR) is 155 cm³/mol. The van der Waals surface area contributed by atoms with Crippen molar-refractivity contribution in [3.63, 3.8) is 0 Å². The van der Waals surface area contributed by atoms with Gasteiger partial charge in [0.05, 0.1) is 36.7 Å². The number of likely N-dealkylation sites (N-methyl/N-ethyl adjacent to an activating group) is 2. The van der Waals surface area contributed by atoms with E-state index in [1.54, 1.807) is 0 Å². The standard InChI is InChI=1S/C14H23N3OS.C13H21N3OS/c1-4-5-6-9-18-14-13(15-19-16-14)12-8-7-11(2)17(3)10-12;1-4-5-8-17-13-12(14-18-15-13)11-7-6-10(2)16(3)9-11/h8,11H,4-7,9-10H2,1-3H3;7,10H,4-6,8-9H2,1-3H3. The Morgan fingerprint density at radius 1 is 0.730 bits per heavy atom. The topological polar surface area (TPSA) is 76.5 Å². The summed E-state index contributed by atoms with van der Waals surface area (Å²) in [5.41, 5.74) is 4.38. The number of hydrogen-bond acceptors (Lipinski definition) is 10. The third kappa shape index (κ3) is 8.84. The van der Waals surface area contributed by atoms with Crippen LogP contribution in [-0.4, -0.2) is 79.8 Å². The van der Waals surface area contributed by atoms with E-state index >= 15 is 0 Å². The van der Waals surface area contributed by atoms with Gasteiger partial charge >= 0.3 is 0 Å². The summed E-state index contributed by atoms with van der Waals surface area (Å²) >= 11 is 2.48. The number of ether oxygens (including phenoxy) is 2. The first-order chi connectivity index (χ1) is 17.9. The van der Waals surface area contributed by atoms with Crippen LogP contribution in [0.25, 0.3) is 11.1 Å². The molecule has 0 fully saturated rings. The third-order valence-electron chi connectivity index (χ3n) is 7.00. The lowest BCUT2D eigenvalue weighted by Crippen LogP contribution is -2.33. The van der Waals surface area contributed by atoms with Gasteiger partial charge in [0.1, 0.15) is 11.4 Å². The highest BCUT2D eigenvalue weighted by Gasteiger charge is 2.23. The highest BCUT2D eigenvalue weighted by Crippen LogP contribution is 2.30. The molecule has 2 unspecified atom stereocenters. The number of aromatic nitrogens is 4. The van der Waals surface area contributed by atoms with Gasteiger partial charge in [-0.25, -0.2) is 0 Å². The van der Waals surface area contributed by atoms with E-state index in [4.69, 9.17) is 9.47 Å². The van der Waals surface area contributed by atoms with Gasteiger partial charge in [-0.3, -0.25) is 9.80 Å². The molecule has 4 rings (SSSR count). The molecule has 0 bridgehead atoms. The van der Waals surface area contributed by atoms with Crippen LogP contribution in [0.15, 0.2) is 12.2 Å². The van der Waals surface area contributed by atoms with E-state index in [0.717, 1.165) is 75.7 Å². The number of nitrogens with zero attached hydrogens (tertiary/aromatic N) is 6. The zero-order valence-electron chi connectivity index (χ0n) is 23.4. The molecule has 0 aromatic carbocycles. The van der Waals surface area contributed by atoms with Crippen LogP contribution in [0.3, 0.4) is 0 Å². The molecule has 2 atom stereocenters. The highest BCUT2D eigenvalue weighted by atomic mass is 32.1. The third-order valence-corrected chi connectivity index (χ3v) is 8.03. The normalized spacial score (nSPS) is 20.6. The SMILES string of the molecule is CCCCCOc1nsnc1C1=CCC(C)N(C)C1.CCCCOc1nsnc1C1=CCC(C)N(C)C1. The van der Waals surface area contributed by atoms with Crippen LogP contribution in [0.1, 0.15) is 84.0 Å². The Labute approximate surface area is 231 Å². The van der Waals surface area contributed by atoms with Crippen molar-refractivity contribution < 1.29 is 9.47 Å². The number of unbranched alkanes of at least 4 members (excludes halogenated alkanes) is 3. The predicted octanol–water partition coefficient (Wildman–Crippen LogP) is 6.04. The molecule has 2 aliphatic rings. The minimum absolute atomic E-state index is 0.601.